The Bertz CT molecular complexity index is 830. The molecule has 0 bridgehead atoms. The number of benzene rings is 2. The summed E-state index contributed by atoms with van der Waals surface area (Å²) in [5.41, 5.74) is 3.13. The highest BCUT2D eigenvalue weighted by Crippen LogP contribution is 2.21. The van der Waals surface area contributed by atoms with Crippen LogP contribution in [0.4, 0.5) is 11.4 Å². The molecule has 0 radical (unpaired) electrons. The largest absolute Gasteiger partial charge is 0.383 e. The topological polar surface area (TPSA) is 78.0 Å². The van der Waals surface area contributed by atoms with Crippen LogP contribution in [0, 0.1) is 0 Å². The second-order valence-corrected chi connectivity index (χ2v) is 7.20. The van der Waals surface area contributed by atoms with Gasteiger partial charge in [-0.3, -0.25) is 4.79 Å². The number of anilines is 2. The summed E-state index contributed by atoms with van der Waals surface area (Å²) in [5, 5.41) is 10.00. The first-order valence-electron chi connectivity index (χ1n) is 10.4. The van der Waals surface area contributed by atoms with Crippen LogP contribution in [0.15, 0.2) is 59.6 Å². The Morgan fingerprint density at radius 1 is 1.16 bits per heavy atom. The summed E-state index contributed by atoms with van der Waals surface area (Å²) in [5.74, 6) is 0.860. The van der Waals surface area contributed by atoms with Gasteiger partial charge in [-0.1, -0.05) is 30.3 Å². The maximum Gasteiger partial charge on any atom is 0.229 e. The predicted octanol–water partition coefficient (Wildman–Crippen LogP) is 3.22. The van der Waals surface area contributed by atoms with Crippen molar-refractivity contribution < 1.29 is 9.53 Å². The number of para-hydroxylation sites is 1. The van der Waals surface area contributed by atoms with E-state index in [1.807, 2.05) is 54.3 Å². The Labute approximate surface area is 201 Å². The van der Waals surface area contributed by atoms with E-state index in [1.54, 1.807) is 7.11 Å². The zero-order chi connectivity index (χ0) is 21.2. The lowest BCUT2D eigenvalue weighted by Gasteiger charge is -2.19. The Balaban J connectivity index is 0.00000341. The van der Waals surface area contributed by atoms with Crippen LogP contribution in [0.2, 0.25) is 0 Å². The van der Waals surface area contributed by atoms with Gasteiger partial charge in [-0.05, 0) is 36.8 Å². The van der Waals surface area contributed by atoms with Gasteiger partial charge in [0.2, 0.25) is 5.91 Å². The summed E-state index contributed by atoms with van der Waals surface area (Å²) in [6, 6.07) is 18.1. The first kappa shape index (κ1) is 24.9. The lowest BCUT2D eigenvalue weighted by atomic mass is 10.2. The van der Waals surface area contributed by atoms with Crippen LogP contribution in [0.25, 0.3) is 0 Å². The van der Waals surface area contributed by atoms with Gasteiger partial charge in [-0.25, -0.2) is 4.99 Å². The smallest absolute Gasteiger partial charge is 0.229 e. The first-order valence-corrected chi connectivity index (χ1v) is 10.4. The molecule has 1 unspecified atom stereocenters. The number of guanidine groups is 1. The molecule has 7 nitrogen and oxygen atoms in total. The third-order valence-corrected chi connectivity index (χ3v) is 4.89. The number of nitrogens with one attached hydrogen (secondary N) is 3. The third kappa shape index (κ3) is 7.70. The van der Waals surface area contributed by atoms with Gasteiger partial charge in [0.05, 0.1) is 19.2 Å². The summed E-state index contributed by atoms with van der Waals surface area (Å²) < 4.78 is 5.05. The van der Waals surface area contributed by atoms with Crippen molar-refractivity contribution in [3.05, 3.63) is 60.2 Å². The first-order chi connectivity index (χ1) is 14.7. The van der Waals surface area contributed by atoms with E-state index in [0.717, 1.165) is 36.0 Å². The van der Waals surface area contributed by atoms with Crippen molar-refractivity contribution in [3.8, 4) is 0 Å². The molecule has 1 saturated heterocycles. The normalized spacial score (nSPS) is 16.1. The summed E-state index contributed by atoms with van der Waals surface area (Å²) in [7, 11) is 1.69. The Hall–Kier alpha value is -2.33. The van der Waals surface area contributed by atoms with Crippen LogP contribution >= 0.6 is 24.0 Å². The number of hydrogen-bond donors (Lipinski definition) is 3. The summed E-state index contributed by atoms with van der Waals surface area (Å²) in [6.45, 7) is 5.45. The minimum absolute atomic E-state index is 0. The quantitative estimate of drug-likeness (QED) is 0.198. The highest BCUT2D eigenvalue weighted by molar-refractivity contribution is 14.0. The lowest BCUT2D eigenvalue weighted by molar-refractivity contribution is -0.117. The van der Waals surface area contributed by atoms with E-state index in [2.05, 4.69) is 28.1 Å². The summed E-state index contributed by atoms with van der Waals surface area (Å²) in [6.07, 6.45) is 0.459. The molecule has 1 atom stereocenters. The summed E-state index contributed by atoms with van der Waals surface area (Å²) >= 11 is 0. The molecule has 0 saturated carbocycles. The van der Waals surface area contributed by atoms with E-state index in [4.69, 9.17) is 9.73 Å². The number of ether oxygens (including phenoxy) is 1. The van der Waals surface area contributed by atoms with Crippen LogP contribution in [0.3, 0.4) is 0 Å². The molecule has 168 valence electrons. The molecule has 0 aliphatic carbocycles. The number of rotatable bonds is 9. The van der Waals surface area contributed by atoms with Gasteiger partial charge >= 0.3 is 0 Å². The molecule has 1 heterocycles. The number of nitrogens with zero attached hydrogens (tertiary/aromatic N) is 2. The van der Waals surface area contributed by atoms with Crippen LogP contribution in [0.5, 0.6) is 0 Å². The zero-order valence-electron chi connectivity index (χ0n) is 18.1. The highest BCUT2D eigenvalue weighted by atomic mass is 127. The Morgan fingerprint density at radius 3 is 2.58 bits per heavy atom. The molecule has 1 aliphatic rings. The molecular weight excluding hydrogens is 505 g/mol. The maximum absolute atomic E-state index is 12.4. The summed E-state index contributed by atoms with van der Waals surface area (Å²) in [4.78, 5) is 19.0. The van der Waals surface area contributed by atoms with Crippen molar-refractivity contribution in [1.82, 2.24) is 10.6 Å². The van der Waals surface area contributed by atoms with E-state index < -0.39 is 0 Å². The van der Waals surface area contributed by atoms with Gasteiger partial charge in [-0.15, -0.1) is 24.0 Å². The fraction of sp³-hybridized carbons (Fsp3) is 0.391. The standard InChI is InChI=1S/C23H31N5O2.HI/c1-3-24-23(26-16-18-9-11-19(12-10-18)25-13-14-30-2)27-20-15-22(29)28(17-20)21-7-5-4-6-8-21;/h4-12,20,25H,3,13-17H2,1-2H3,(H2,24,26,27);1H. The molecule has 3 rings (SSSR count). The van der Waals surface area contributed by atoms with E-state index in [0.29, 0.717) is 26.1 Å². The Kier molecular flexibility index (Phi) is 10.6. The second kappa shape index (κ2) is 13.2. The van der Waals surface area contributed by atoms with Crippen molar-refractivity contribution in [2.45, 2.75) is 25.9 Å². The van der Waals surface area contributed by atoms with Crippen molar-refractivity contribution in [1.29, 1.82) is 0 Å². The van der Waals surface area contributed by atoms with Crippen molar-refractivity contribution in [3.63, 3.8) is 0 Å². The van der Waals surface area contributed by atoms with Crippen LogP contribution < -0.4 is 20.9 Å². The number of carbonyl (C=O) groups is 1. The number of halogens is 1. The fourth-order valence-electron chi connectivity index (χ4n) is 3.37. The van der Waals surface area contributed by atoms with E-state index in [9.17, 15) is 4.79 Å². The Morgan fingerprint density at radius 2 is 1.90 bits per heavy atom. The molecule has 0 aromatic heterocycles. The second-order valence-electron chi connectivity index (χ2n) is 7.20. The van der Waals surface area contributed by atoms with Gasteiger partial charge in [0.15, 0.2) is 5.96 Å². The third-order valence-electron chi connectivity index (χ3n) is 4.89. The average Bonchev–Trinajstić information content (AvgIpc) is 3.14. The minimum Gasteiger partial charge on any atom is -0.383 e. The number of aliphatic imine (C=N–C) groups is 1. The number of methoxy groups -OCH3 is 1. The molecule has 1 fully saturated rings. The number of amides is 1. The highest BCUT2D eigenvalue weighted by Gasteiger charge is 2.31. The van der Waals surface area contributed by atoms with E-state index in [1.165, 1.54) is 0 Å². The van der Waals surface area contributed by atoms with Crippen molar-refractivity contribution >= 4 is 47.2 Å². The molecule has 1 amide bonds. The van der Waals surface area contributed by atoms with Crippen LogP contribution in [-0.2, 0) is 16.1 Å². The lowest BCUT2D eigenvalue weighted by Crippen LogP contribution is -2.44. The monoisotopic (exact) mass is 537 g/mol. The molecule has 1 aliphatic heterocycles. The van der Waals surface area contributed by atoms with Gasteiger partial charge in [-0.2, -0.15) is 0 Å². The zero-order valence-corrected chi connectivity index (χ0v) is 20.5. The molecule has 2 aromatic carbocycles. The molecular formula is C23H32IN5O2. The van der Waals surface area contributed by atoms with Gasteiger partial charge in [0.25, 0.3) is 0 Å². The van der Waals surface area contributed by atoms with Crippen molar-refractivity contribution in [2.24, 2.45) is 4.99 Å². The number of hydrogen-bond acceptors (Lipinski definition) is 4. The van der Waals surface area contributed by atoms with Crippen LogP contribution in [-0.4, -0.2) is 51.3 Å². The molecule has 0 spiro atoms. The van der Waals surface area contributed by atoms with Gasteiger partial charge < -0.3 is 25.6 Å². The predicted molar refractivity (Wildman–Crippen MR) is 137 cm³/mol. The SMILES string of the molecule is CCNC(=NCc1ccc(NCCOC)cc1)NC1CC(=O)N(c2ccccc2)C1.I. The van der Waals surface area contributed by atoms with E-state index in [-0.39, 0.29) is 35.9 Å². The molecule has 31 heavy (non-hydrogen) atoms. The van der Waals surface area contributed by atoms with Crippen molar-refractivity contribution in [2.75, 3.05) is 43.6 Å². The minimum atomic E-state index is 0. The molecule has 3 N–H and O–H groups in total. The maximum atomic E-state index is 12.4. The van der Waals surface area contributed by atoms with Gasteiger partial charge in [0, 0.05) is 44.5 Å². The molecule has 2 aromatic rings. The molecule has 8 heteroatoms. The fourth-order valence-corrected chi connectivity index (χ4v) is 3.37. The van der Waals surface area contributed by atoms with Gasteiger partial charge in [0.1, 0.15) is 0 Å². The van der Waals surface area contributed by atoms with E-state index >= 15 is 0 Å². The number of carbonyl (C=O) groups excluding carboxylic acids is 1. The average molecular weight is 537 g/mol. The van der Waals surface area contributed by atoms with Crippen LogP contribution in [0.1, 0.15) is 18.9 Å².